The number of nitrogens with one attached hydrogen (secondary N) is 1. The Morgan fingerprint density at radius 1 is 1.32 bits per heavy atom. The number of rotatable bonds is 5. The Bertz CT molecular complexity index is 751. The Balaban J connectivity index is 1.59. The first-order chi connectivity index (χ1) is 10.7. The van der Waals surface area contributed by atoms with Crippen LogP contribution in [0.1, 0.15) is 0 Å². The highest BCUT2D eigenvalue weighted by Gasteiger charge is 2.06. The van der Waals surface area contributed by atoms with Crippen LogP contribution in [-0.4, -0.2) is 35.7 Å². The van der Waals surface area contributed by atoms with Gasteiger partial charge in [0.1, 0.15) is 12.9 Å². The van der Waals surface area contributed by atoms with E-state index in [0.29, 0.717) is 0 Å². The van der Waals surface area contributed by atoms with Crippen molar-refractivity contribution in [3.05, 3.63) is 43.0 Å². The molecule has 1 amide bonds. The molecule has 1 N–H and O–H groups in total. The first-order valence-corrected chi connectivity index (χ1v) is 7.28. The van der Waals surface area contributed by atoms with Crippen molar-refractivity contribution in [1.29, 1.82) is 0 Å². The van der Waals surface area contributed by atoms with Crippen LogP contribution in [-0.2, 0) is 18.4 Å². The van der Waals surface area contributed by atoms with Crippen LogP contribution in [0.2, 0.25) is 0 Å². The van der Waals surface area contributed by atoms with E-state index in [9.17, 15) is 4.79 Å². The predicted octanol–water partition coefficient (Wildman–Crippen LogP) is 1.20. The highest BCUT2D eigenvalue weighted by molar-refractivity contribution is 7.99. The molecule has 2 aromatic heterocycles. The maximum absolute atomic E-state index is 11.8. The fraction of sp³-hybridized carbons (Fsp3) is 0.154. The van der Waals surface area contributed by atoms with Crippen LogP contribution < -0.4 is 5.32 Å². The van der Waals surface area contributed by atoms with E-state index in [1.807, 2.05) is 42.1 Å². The quantitative estimate of drug-likeness (QED) is 0.761. The van der Waals surface area contributed by atoms with Crippen molar-refractivity contribution in [3.63, 3.8) is 0 Å². The van der Waals surface area contributed by atoms with Gasteiger partial charge in [0.15, 0.2) is 5.16 Å². The molecule has 0 unspecified atom stereocenters. The first-order valence-electron chi connectivity index (χ1n) is 6.46. The molecule has 3 rings (SSSR count). The van der Waals surface area contributed by atoms with E-state index in [-0.39, 0.29) is 12.5 Å². The van der Waals surface area contributed by atoms with Crippen molar-refractivity contribution in [2.24, 2.45) is 7.05 Å². The van der Waals surface area contributed by atoms with Crippen molar-refractivity contribution >= 4 is 23.4 Å². The molecule has 112 valence electrons. The van der Waals surface area contributed by atoms with E-state index in [1.54, 1.807) is 18.0 Å². The number of carbonyl (C=O) groups is 1. The van der Waals surface area contributed by atoms with Gasteiger partial charge in [-0.05, 0) is 34.7 Å². The Hall–Kier alpha value is -2.68. The molecule has 22 heavy (non-hydrogen) atoms. The van der Waals surface area contributed by atoms with E-state index < -0.39 is 0 Å². The molecule has 0 aliphatic carbocycles. The highest BCUT2D eigenvalue weighted by atomic mass is 32.2. The second-order valence-corrected chi connectivity index (χ2v) is 5.54. The molecule has 0 atom stereocenters. The number of imidazole rings is 1. The molecular weight excluding hydrogens is 302 g/mol. The molecule has 0 saturated carbocycles. The van der Waals surface area contributed by atoms with Crippen molar-refractivity contribution in [3.8, 4) is 0 Å². The summed E-state index contributed by atoms with van der Waals surface area (Å²) in [4.78, 5) is 17.1. The number of nitrogens with zero attached hydrogens (tertiary/aromatic N) is 6. The molecule has 0 saturated heterocycles. The van der Waals surface area contributed by atoms with Gasteiger partial charge >= 0.3 is 0 Å². The van der Waals surface area contributed by atoms with Gasteiger partial charge in [0.2, 0.25) is 5.91 Å². The second kappa shape index (κ2) is 6.39. The molecular formula is C13H13N7OS. The number of aromatic nitrogens is 6. The molecule has 0 aliphatic heterocycles. The zero-order valence-electron chi connectivity index (χ0n) is 11.7. The monoisotopic (exact) mass is 315 g/mol. The number of hydrogen-bond donors (Lipinski definition) is 1. The van der Waals surface area contributed by atoms with E-state index in [2.05, 4.69) is 25.8 Å². The van der Waals surface area contributed by atoms with Crippen LogP contribution in [0.5, 0.6) is 0 Å². The number of anilines is 1. The summed E-state index contributed by atoms with van der Waals surface area (Å²) in [6, 6.07) is 7.57. The lowest BCUT2D eigenvalue weighted by molar-refractivity contribution is -0.116. The minimum absolute atomic E-state index is 0.0801. The highest BCUT2D eigenvalue weighted by Crippen LogP contribution is 2.26. The van der Waals surface area contributed by atoms with Crippen LogP contribution in [0.15, 0.2) is 53.0 Å². The van der Waals surface area contributed by atoms with Gasteiger partial charge in [-0.1, -0.05) is 11.8 Å². The van der Waals surface area contributed by atoms with Crippen molar-refractivity contribution in [2.45, 2.75) is 16.6 Å². The lowest BCUT2D eigenvalue weighted by atomic mass is 10.3. The van der Waals surface area contributed by atoms with Gasteiger partial charge in [0.25, 0.3) is 0 Å². The van der Waals surface area contributed by atoms with Gasteiger partial charge in [0, 0.05) is 30.0 Å². The zero-order chi connectivity index (χ0) is 15.4. The summed E-state index contributed by atoms with van der Waals surface area (Å²) in [5.41, 5.74) is 0.724. The number of amides is 1. The van der Waals surface area contributed by atoms with Gasteiger partial charge in [0.05, 0.1) is 0 Å². The SMILES string of the molecule is Cn1ccnc1Sc1ccc(NC(=O)Cn2cnnn2)cc1. The van der Waals surface area contributed by atoms with Gasteiger partial charge in [-0.3, -0.25) is 4.79 Å². The minimum Gasteiger partial charge on any atom is -0.329 e. The third-order valence-corrected chi connectivity index (χ3v) is 3.91. The van der Waals surface area contributed by atoms with Crippen molar-refractivity contribution < 1.29 is 4.79 Å². The van der Waals surface area contributed by atoms with Crippen LogP contribution in [0, 0.1) is 0 Å². The first kappa shape index (κ1) is 14.3. The lowest BCUT2D eigenvalue weighted by Gasteiger charge is -2.06. The fourth-order valence-electron chi connectivity index (χ4n) is 1.76. The van der Waals surface area contributed by atoms with Crippen LogP contribution in [0.25, 0.3) is 0 Å². The summed E-state index contributed by atoms with van der Waals surface area (Å²) < 4.78 is 3.31. The number of carbonyl (C=O) groups excluding carboxylic acids is 1. The number of tetrazole rings is 1. The molecule has 1 aromatic carbocycles. The largest absolute Gasteiger partial charge is 0.329 e. The summed E-state index contributed by atoms with van der Waals surface area (Å²) in [5.74, 6) is -0.184. The number of hydrogen-bond acceptors (Lipinski definition) is 6. The molecule has 2 heterocycles. The Morgan fingerprint density at radius 2 is 2.14 bits per heavy atom. The predicted molar refractivity (Wildman–Crippen MR) is 80.2 cm³/mol. The Morgan fingerprint density at radius 3 is 2.77 bits per heavy atom. The number of benzene rings is 1. The standard InChI is InChI=1S/C13H13N7OS/c1-19-7-6-14-13(19)22-11-4-2-10(3-5-11)16-12(21)8-20-9-15-17-18-20/h2-7,9H,8H2,1H3,(H,16,21). The molecule has 8 nitrogen and oxygen atoms in total. The van der Waals surface area contributed by atoms with Gasteiger partial charge in [-0.15, -0.1) is 5.10 Å². The average molecular weight is 315 g/mol. The molecule has 0 aliphatic rings. The van der Waals surface area contributed by atoms with Crippen LogP contribution >= 0.6 is 11.8 Å². The Labute approximate surface area is 130 Å². The van der Waals surface area contributed by atoms with Gasteiger partial charge in [-0.25, -0.2) is 9.67 Å². The van der Waals surface area contributed by atoms with E-state index in [4.69, 9.17) is 0 Å². The maximum Gasteiger partial charge on any atom is 0.246 e. The lowest BCUT2D eigenvalue weighted by Crippen LogP contribution is -2.19. The summed E-state index contributed by atoms with van der Waals surface area (Å²) >= 11 is 1.56. The van der Waals surface area contributed by atoms with Crippen LogP contribution in [0.3, 0.4) is 0 Å². The van der Waals surface area contributed by atoms with Crippen LogP contribution in [0.4, 0.5) is 5.69 Å². The third-order valence-electron chi connectivity index (χ3n) is 2.82. The molecule has 0 radical (unpaired) electrons. The van der Waals surface area contributed by atoms with E-state index in [1.165, 1.54) is 11.0 Å². The smallest absolute Gasteiger partial charge is 0.246 e. The molecule has 0 fully saturated rings. The van der Waals surface area contributed by atoms with Crippen molar-refractivity contribution in [1.82, 2.24) is 29.8 Å². The minimum atomic E-state index is -0.184. The average Bonchev–Trinajstić information content (AvgIpc) is 3.14. The Kier molecular flexibility index (Phi) is 4.15. The zero-order valence-corrected chi connectivity index (χ0v) is 12.6. The molecule has 9 heteroatoms. The fourth-order valence-corrected chi connectivity index (χ4v) is 2.56. The third kappa shape index (κ3) is 3.50. The summed E-state index contributed by atoms with van der Waals surface area (Å²) in [5, 5.41) is 14.3. The molecule has 3 aromatic rings. The molecule has 0 spiro atoms. The van der Waals surface area contributed by atoms with E-state index >= 15 is 0 Å². The second-order valence-electron chi connectivity index (χ2n) is 4.50. The summed E-state index contributed by atoms with van der Waals surface area (Å²) in [6.45, 7) is 0.0801. The summed E-state index contributed by atoms with van der Waals surface area (Å²) in [6.07, 6.45) is 5.05. The topological polar surface area (TPSA) is 90.5 Å². The van der Waals surface area contributed by atoms with Gasteiger partial charge in [-0.2, -0.15) is 0 Å². The van der Waals surface area contributed by atoms with Crippen molar-refractivity contribution in [2.75, 3.05) is 5.32 Å². The summed E-state index contributed by atoms with van der Waals surface area (Å²) in [7, 11) is 1.95. The molecule has 0 bridgehead atoms. The maximum atomic E-state index is 11.8. The normalized spacial score (nSPS) is 10.6. The van der Waals surface area contributed by atoms with E-state index in [0.717, 1.165) is 15.7 Å². The van der Waals surface area contributed by atoms with Gasteiger partial charge < -0.3 is 9.88 Å². The number of aryl methyl sites for hydroxylation is 1.